The minimum atomic E-state index is -0.230. The van der Waals surface area contributed by atoms with E-state index in [1.54, 1.807) is 43.4 Å². The van der Waals surface area contributed by atoms with Gasteiger partial charge in [0.2, 0.25) is 0 Å². The Labute approximate surface area is 143 Å². The summed E-state index contributed by atoms with van der Waals surface area (Å²) in [7, 11) is 1.67. The first kappa shape index (κ1) is 16.6. The summed E-state index contributed by atoms with van der Waals surface area (Å²) in [4.78, 5) is 4.03. The maximum Gasteiger partial charge on any atom is 0.191 e. The lowest BCUT2D eigenvalue weighted by atomic mass is 10.2. The predicted octanol–water partition coefficient (Wildman–Crippen LogP) is 3.42. The summed E-state index contributed by atoms with van der Waals surface area (Å²) >= 11 is 1.57. The SMILES string of the molecule is COCCn1c(SCc2ccc(F)cc2)nnc1-c1ccncc1. The molecule has 0 radical (unpaired) electrons. The number of nitrogens with zero attached hydrogens (tertiary/aromatic N) is 4. The minimum Gasteiger partial charge on any atom is -0.383 e. The van der Waals surface area contributed by atoms with E-state index in [1.807, 2.05) is 16.7 Å². The molecule has 0 aliphatic carbocycles. The monoisotopic (exact) mass is 344 g/mol. The zero-order valence-electron chi connectivity index (χ0n) is 13.2. The van der Waals surface area contributed by atoms with Gasteiger partial charge in [-0.1, -0.05) is 23.9 Å². The van der Waals surface area contributed by atoms with E-state index in [0.717, 1.165) is 22.1 Å². The Hall–Kier alpha value is -2.25. The highest BCUT2D eigenvalue weighted by atomic mass is 32.2. The molecule has 0 bridgehead atoms. The average Bonchev–Trinajstić information content (AvgIpc) is 3.03. The fraction of sp³-hybridized carbons (Fsp3) is 0.235. The minimum absolute atomic E-state index is 0.230. The number of methoxy groups -OCH3 is 1. The number of aromatic nitrogens is 4. The summed E-state index contributed by atoms with van der Waals surface area (Å²) < 4.78 is 20.2. The van der Waals surface area contributed by atoms with Gasteiger partial charge in [-0.2, -0.15) is 0 Å². The van der Waals surface area contributed by atoms with Crippen molar-refractivity contribution in [2.24, 2.45) is 0 Å². The highest BCUT2D eigenvalue weighted by Gasteiger charge is 2.14. The van der Waals surface area contributed by atoms with Crippen LogP contribution in [0.25, 0.3) is 11.4 Å². The maximum atomic E-state index is 13.0. The van der Waals surface area contributed by atoms with Gasteiger partial charge in [0.25, 0.3) is 0 Å². The average molecular weight is 344 g/mol. The van der Waals surface area contributed by atoms with Crippen molar-refractivity contribution >= 4 is 11.8 Å². The summed E-state index contributed by atoms with van der Waals surface area (Å²) in [5.41, 5.74) is 2.00. The molecule has 2 heterocycles. The van der Waals surface area contributed by atoms with Gasteiger partial charge in [-0.25, -0.2) is 4.39 Å². The van der Waals surface area contributed by atoms with E-state index in [1.165, 1.54) is 12.1 Å². The Balaban J connectivity index is 1.81. The fourth-order valence-electron chi connectivity index (χ4n) is 2.22. The van der Waals surface area contributed by atoms with Crippen molar-refractivity contribution in [3.63, 3.8) is 0 Å². The number of pyridine rings is 1. The van der Waals surface area contributed by atoms with Crippen LogP contribution in [0.15, 0.2) is 53.9 Å². The summed E-state index contributed by atoms with van der Waals surface area (Å²) in [5.74, 6) is 1.25. The topological polar surface area (TPSA) is 52.8 Å². The number of halogens is 1. The lowest BCUT2D eigenvalue weighted by molar-refractivity contribution is 0.185. The highest BCUT2D eigenvalue weighted by molar-refractivity contribution is 7.98. The third-order valence-electron chi connectivity index (χ3n) is 3.46. The van der Waals surface area contributed by atoms with Crippen LogP contribution in [-0.4, -0.2) is 33.5 Å². The molecule has 0 aliphatic heterocycles. The smallest absolute Gasteiger partial charge is 0.191 e. The molecule has 2 aromatic heterocycles. The van der Waals surface area contributed by atoms with Crippen LogP contribution in [0, 0.1) is 5.82 Å². The van der Waals surface area contributed by atoms with E-state index in [9.17, 15) is 4.39 Å². The van der Waals surface area contributed by atoms with Gasteiger partial charge in [-0.3, -0.25) is 9.55 Å². The maximum absolute atomic E-state index is 13.0. The molecule has 24 heavy (non-hydrogen) atoms. The molecular formula is C17H17FN4OS. The second kappa shape index (κ2) is 8.03. The second-order valence-corrected chi connectivity index (χ2v) is 6.04. The zero-order chi connectivity index (χ0) is 16.8. The lowest BCUT2D eigenvalue weighted by Crippen LogP contribution is -2.07. The van der Waals surface area contributed by atoms with E-state index in [0.29, 0.717) is 18.9 Å². The van der Waals surface area contributed by atoms with Crippen molar-refractivity contribution < 1.29 is 9.13 Å². The number of benzene rings is 1. The van der Waals surface area contributed by atoms with E-state index in [4.69, 9.17) is 4.74 Å². The van der Waals surface area contributed by atoms with Gasteiger partial charge in [-0.05, 0) is 29.8 Å². The van der Waals surface area contributed by atoms with Gasteiger partial charge in [0, 0.05) is 30.8 Å². The molecule has 3 rings (SSSR count). The molecule has 1 aromatic carbocycles. The van der Waals surface area contributed by atoms with Crippen LogP contribution in [0.4, 0.5) is 4.39 Å². The van der Waals surface area contributed by atoms with E-state index >= 15 is 0 Å². The first-order valence-corrected chi connectivity index (χ1v) is 8.46. The summed E-state index contributed by atoms with van der Waals surface area (Å²) in [5, 5.41) is 9.43. The standard InChI is InChI=1S/C17H17FN4OS/c1-23-11-10-22-16(14-6-8-19-9-7-14)20-21-17(22)24-12-13-2-4-15(18)5-3-13/h2-9H,10-12H2,1H3. The van der Waals surface area contributed by atoms with Crippen LogP contribution >= 0.6 is 11.8 Å². The van der Waals surface area contributed by atoms with Crippen LogP contribution in [0.1, 0.15) is 5.56 Å². The molecule has 0 N–H and O–H groups in total. The molecule has 3 aromatic rings. The summed E-state index contributed by atoms with van der Waals surface area (Å²) in [6, 6.07) is 10.3. The summed E-state index contributed by atoms with van der Waals surface area (Å²) in [6.45, 7) is 1.23. The molecule has 0 spiro atoms. The molecule has 0 amide bonds. The van der Waals surface area contributed by atoms with Crippen LogP contribution in [-0.2, 0) is 17.0 Å². The van der Waals surface area contributed by atoms with Crippen LogP contribution in [0.5, 0.6) is 0 Å². The van der Waals surface area contributed by atoms with Gasteiger partial charge >= 0.3 is 0 Å². The van der Waals surface area contributed by atoms with Crippen molar-refractivity contribution in [1.82, 2.24) is 19.7 Å². The van der Waals surface area contributed by atoms with Crippen molar-refractivity contribution in [2.75, 3.05) is 13.7 Å². The first-order chi connectivity index (χ1) is 11.8. The Morgan fingerprint density at radius 3 is 2.54 bits per heavy atom. The molecule has 0 aliphatic rings. The van der Waals surface area contributed by atoms with E-state index in [-0.39, 0.29) is 5.82 Å². The van der Waals surface area contributed by atoms with Crippen LogP contribution in [0.2, 0.25) is 0 Å². The molecule has 0 unspecified atom stereocenters. The third-order valence-corrected chi connectivity index (χ3v) is 4.49. The van der Waals surface area contributed by atoms with E-state index in [2.05, 4.69) is 15.2 Å². The van der Waals surface area contributed by atoms with Gasteiger partial charge in [-0.15, -0.1) is 10.2 Å². The fourth-order valence-corrected chi connectivity index (χ4v) is 3.14. The number of rotatable bonds is 7. The van der Waals surface area contributed by atoms with Gasteiger partial charge in [0.15, 0.2) is 11.0 Å². The number of hydrogen-bond acceptors (Lipinski definition) is 5. The van der Waals surface area contributed by atoms with Gasteiger partial charge < -0.3 is 4.74 Å². The van der Waals surface area contributed by atoms with E-state index < -0.39 is 0 Å². The number of hydrogen-bond donors (Lipinski definition) is 0. The molecular weight excluding hydrogens is 327 g/mol. The molecule has 5 nitrogen and oxygen atoms in total. The zero-order valence-corrected chi connectivity index (χ0v) is 14.0. The largest absolute Gasteiger partial charge is 0.383 e. The van der Waals surface area contributed by atoms with Crippen molar-refractivity contribution in [3.05, 3.63) is 60.2 Å². The molecule has 0 saturated heterocycles. The molecule has 124 valence electrons. The first-order valence-electron chi connectivity index (χ1n) is 7.47. The predicted molar refractivity (Wildman–Crippen MR) is 91.1 cm³/mol. The number of ether oxygens (including phenoxy) is 1. The van der Waals surface area contributed by atoms with Crippen molar-refractivity contribution in [2.45, 2.75) is 17.5 Å². The Bertz CT molecular complexity index is 777. The Kier molecular flexibility index (Phi) is 5.55. The Morgan fingerprint density at radius 2 is 1.83 bits per heavy atom. The molecule has 0 atom stereocenters. The number of thioether (sulfide) groups is 1. The van der Waals surface area contributed by atoms with Crippen LogP contribution < -0.4 is 0 Å². The highest BCUT2D eigenvalue weighted by Crippen LogP contribution is 2.26. The molecule has 7 heteroatoms. The van der Waals surface area contributed by atoms with Gasteiger partial charge in [0.05, 0.1) is 13.2 Å². The van der Waals surface area contributed by atoms with Gasteiger partial charge in [0.1, 0.15) is 5.82 Å². The van der Waals surface area contributed by atoms with Crippen molar-refractivity contribution in [1.29, 1.82) is 0 Å². The third kappa shape index (κ3) is 3.98. The molecule has 0 fully saturated rings. The molecule has 0 saturated carbocycles. The Morgan fingerprint density at radius 1 is 1.08 bits per heavy atom. The quantitative estimate of drug-likeness (QED) is 0.615. The van der Waals surface area contributed by atoms with Crippen molar-refractivity contribution in [3.8, 4) is 11.4 Å². The lowest BCUT2D eigenvalue weighted by Gasteiger charge is -2.09. The normalized spacial score (nSPS) is 10.9. The van der Waals surface area contributed by atoms with Crippen LogP contribution in [0.3, 0.4) is 0 Å². The summed E-state index contributed by atoms with van der Waals surface area (Å²) in [6.07, 6.45) is 3.46. The second-order valence-electron chi connectivity index (χ2n) is 5.10.